The minimum atomic E-state index is -0.801. The highest BCUT2D eigenvalue weighted by atomic mass is 19.1. The van der Waals surface area contributed by atoms with Crippen molar-refractivity contribution in [1.29, 1.82) is 0 Å². The number of anilines is 1. The number of hydrogen-bond donors (Lipinski definition) is 0. The number of halogens is 1. The normalized spacial score (nSPS) is 28.0. The van der Waals surface area contributed by atoms with Crippen molar-refractivity contribution in [3.05, 3.63) is 59.9 Å². The molecule has 5 rings (SSSR count). The third-order valence-corrected chi connectivity index (χ3v) is 6.33. The molecular formula is C22H18FNO4. The van der Waals surface area contributed by atoms with Gasteiger partial charge in [-0.1, -0.05) is 12.1 Å². The summed E-state index contributed by atoms with van der Waals surface area (Å²) in [5.41, 5.74) is 0.328. The second-order valence-corrected chi connectivity index (χ2v) is 7.76. The van der Waals surface area contributed by atoms with Gasteiger partial charge in [0.2, 0.25) is 11.8 Å². The summed E-state index contributed by atoms with van der Waals surface area (Å²) in [6.45, 7) is 0. The van der Waals surface area contributed by atoms with Gasteiger partial charge in [-0.2, -0.15) is 0 Å². The molecule has 2 aromatic carbocycles. The molecule has 4 unspecified atom stereocenters. The molecule has 2 saturated carbocycles. The Morgan fingerprint density at radius 2 is 1.54 bits per heavy atom. The Bertz CT molecular complexity index is 958. The van der Waals surface area contributed by atoms with Crippen LogP contribution in [0.2, 0.25) is 0 Å². The predicted molar refractivity (Wildman–Crippen MR) is 98.1 cm³/mol. The quantitative estimate of drug-likeness (QED) is 0.465. The number of ether oxygens (including phenoxy) is 1. The van der Waals surface area contributed by atoms with E-state index in [-0.39, 0.29) is 35.0 Å². The number of fused-ring (bicyclic) bond motifs is 5. The molecule has 3 fully saturated rings. The Morgan fingerprint density at radius 3 is 2.14 bits per heavy atom. The largest absolute Gasteiger partial charge is 0.423 e. The van der Waals surface area contributed by atoms with E-state index in [1.165, 1.54) is 35.2 Å². The molecule has 0 radical (unpaired) electrons. The summed E-state index contributed by atoms with van der Waals surface area (Å²) in [5, 5.41) is 0. The highest BCUT2D eigenvalue weighted by Crippen LogP contribution is 2.56. The van der Waals surface area contributed by atoms with Crippen molar-refractivity contribution in [2.75, 3.05) is 4.90 Å². The van der Waals surface area contributed by atoms with Crippen LogP contribution < -0.4 is 9.64 Å². The van der Waals surface area contributed by atoms with Crippen molar-refractivity contribution >= 4 is 23.5 Å². The number of carbonyl (C=O) groups excluding carboxylic acids is 3. The lowest BCUT2D eigenvalue weighted by Gasteiger charge is -2.19. The Morgan fingerprint density at radius 1 is 0.929 bits per heavy atom. The van der Waals surface area contributed by atoms with Crippen LogP contribution in [0.25, 0.3) is 0 Å². The van der Waals surface area contributed by atoms with Crippen LogP contribution in [0.4, 0.5) is 10.1 Å². The summed E-state index contributed by atoms with van der Waals surface area (Å²) in [6.07, 6.45) is 3.05. The maximum Gasteiger partial charge on any atom is 0.346 e. The Labute approximate surface area is 161 Å². The summed E-state index contributed by atoms with van der Waals surface area (Å²) in [5.74, 6) is -1.15. The lowest BCUT2D eigenvalue weighted by Crippen LogP contribution is -2.32. The fourth-order valence-corrected chi connectivity index (χ4v) is 5.12. The van der Waals surface area contributed by atoms with Gasteiger partial charge in [-0.25, -0.2) is 9.18 Å². The third-order valence-electron chi connectivity index (χ3n) is 6.33. The molecule has 4 atom stereocenters. The molecule has 2 aromatic rings. The van der Waals surface area contributed by atoms with Crippen molar-refractivity contribution in [2.45, 2.75) is 19.3 Å². The number of amides is 2. The molecule has 3 aliphatic rings. The van der Waals surface area contributed by atoms with Gasteiger partial charge in [-0.3, -0.25) is 14.5 Å². The summed E-state index contributed by atoms with van der Waals surface area (Å²) in [4.78, 5) is 39.1. The summed E-state index contributed by atoms with van der Waals surface area (Å²) in [6, 6.07) is 11.8. The van der Waals surface area contributed by atoms with Crippen molar-refractivity contribution in [1.82, 2.24) is 0 Å². The molecule has 5 nitrogen and oxygen atoms in total. The van der Waals surface area contributed by atoms with E-state index in [4.69, 9.17) is 4.74 Å². The highest BCUT2D eigenvalue weighted by Gasteiger charge is 2.61. The summed E-state index contributed by atoms with van der Waals surface area (Å²) >= 11 is 0. The lowest BCUT2D eigenvalue weighted by molar-refractivity contribution is -0.123. The van der Waals surface area contributed by atoms with Gasteiger partial charge in [0.1, 0.15) is 11.6 Å². The maximum absolute atomic E-state index is 13.7. The topological polar surface area (TPSA) is 63.7 Å². The van der Waals surface area contributed by atoms with Crippen molar-refractivity contribution in [3.8, 4) is 5.75 Å². The second-order valence-electron chi connectivity index (χ2n) is 7.76. The number of imide groups is 1. The van der Waals surface area contributed by atoms with Gasteiger partial charge in [0.25, 0.3) is 0 Å². The minimum Gasteiger partial charge on any atom is -0.423 e. The average Bonchev–Trinajstić information content (AvgIpc) is 3.37. The zero-order chi connectivity index (χ0) is 19.4. The van der Waals surface area contributed by atoms with Gasteiger partial charge in [-0.05, 0) is 67.5 Å². The Kier molecular flexibility index (Phi) is 3.82. The number of rotatable bonds is 3. The van der Waals surface area contributed by atoms with Gasteiger partial charge in [-0.15, -0.1) is 0 Å². The SMILES string of the molecule is O=C(Oc1ccc(N2C(=O)C3C4CCC(C4)C3C2=O)cc1)c1ccccc1F. The van der Waals surface area contributed by atoms with E-state index in [2.05, 4.69) is 0 Å². The number of esters is 1. The Balaban J connectivity index is 1.35. The van der Waals surface area contributed by atoms with E-state index < -0.39 is 11.8 Å². The molecule has 6 heteroatoms. The van der Waals surface area contributed by atoms with Crippen molar-refractivity contribution in [3.63, 3.8) is 0 Å². The molecule has 2 bridgehead atoms. The Hall–Kier alpha value is -3.02. The van der Waals surface area contributed by atoms with E-state index in [0.29, 0.717) is 17.5 Å². The maximum atomic E-state index is 13.7. The van der Waals surface area contributed by atoms with Crippen LogP contribution in [-0.2, 0) is 9.59 Å². The molecule has 0 N–H and O–H groups in total. The first-order valence-electron chi connectivity index (χ1n) is 9.49. The summed E-state index contributed by atoms with van der Waals surface area (Å²) in [7, 11) is 0. The molecule has 142 valence electrons. The number of carbonyl (C=O) groups is 3. The number of hydrogen-bond acceptors (Lipinski definition) is 4. The van der Waals surface area contributed by atoms with E-state index in [9.17, 15) is 18.8 Å². The van der Waals surface area contributed by atoms with Gasteiger partial charge in [0.05, 0.1) is 23.1 Å². The third kappa shape index (κ3) is 2.47. The summed E-state index contributed by atoms with van der Waals surface area (Å²) < 4.78 is 18.9. The lowest BCUT2D eigenvalue weighted by atomic mass is 9.81. The zero-order valence-corrected chi connectivity index (χ0v) is 15.0. The van der Waals surface area contributed by atoms with Crippen molar-refractivity contribution < 1.29 is 23.5 Å². The van der Waals surface area contributed by atoms with Crippen LogP contribution in [0.3, 0.4) is 0 Å². The fourth-order valence-electron chi connectivity index (χ4n) is 5.12. The standard InChI is InChI=1S/C22H18FNO4/c23-17-4-2-1-3-16(17)22(27)28-15-9-7-14(8-10-15)24-20(25)18-12-5-6-13(11-12)19(18)21(24)26/h1-4,7-10,12-13,18-19H,5-6,11H2. The number of benzene rings is 2. The second kappa shape index (κ2) is 6.26. The average molecular weight is 379 g/mol. The van der Waals surface area contributed by atoms with Crippen LogP contribution >= 0.6 is 0 Å². The van der Waals surface area contributed by atoms with Crippen molar-refractivity contribution in [2.24, 2.45) is 23.7 Å². The van der Waals surface area contributed by atoms with Gasteiger partial charge in [0.15, 0.2) is 0 Å². The smallest absolute Gasteiger partial charge is 0.346 e. The molecule has 28 heavy (non-hydrogen) atoms. The van der Waals surface area contributed by atoms with E-state index >= 15 is 0 Å². The van der Waals surface area contributed by atoms with Crippen LogP contribution in [0.15, 0.2) is 48.5 Å². The minimum absolute atomic E-state index is 0.113. The fraction of sp³-hybridized carbons (Fsp3) is 0.318. The molecular weight excluding hydrogens is 361 g/mol. The van der Waals surface area contributed by atoms with Gasteiger partial charge >= 0.3 is 5.97 Å². The molecule has 1 saturated heterocycles. The predicted octanol–water partition coefficient (Wildman–Crippen LogP) is 3.58. The molecule has 0 spiro atoms. The van der Waals surface area contributed by atoms with Crippen LogP contribution in [0, 0.1) is 29.5 Å². The zero-order valence-electron chi connectivity index (χ0n) is 15.0. The highest BCUT2D eigenvalue weighted by molar-refractivity contribution is 6.22. The van der Waals surface area contributed by atoms with E-state index in [1.54, 1.807) is 18.2 Å². The first kappa shape index (κ1) is 17.1. The molecule has 1 aliphatic heterocycles. The first-order chi connectivity index (χ1) is 13.5. The number of nitrogens with zero attached hydrogens (tertiary/aromatic N) is 1. The van der Waals surface area contributed by atoms with Crippen LogP contribution in [0.1, 0.15) is 29.6 Å². The van der Waals surface area contributed by atoms with Crippen LogP contribution in [-0.4, -0.2) is 17.8 Å². The molecule has 1 heterocycles. The van der Waals surface area contributed by atoms with E-state index in [1.807, 2.05) is 0 Å². The van der Waals surface area contributed by atoms with Crippen LogP contribution in [0.5, 0.6) is 5.75 Å². The molecule has 2 amide bonds. The van der Waals surface area contributed by atoms with E-state index in [0.717, 1.165) is 19.3 Å². The van der Waals surface area contributed by atoms with Gasteiger partial charge < -0.3 is 4.74 Å². The first-order valence-corrected chi connectivity index (χ1v) is 9.49. The monoisotopic (exact) mass is 379 g/mol. The van der Waals surface area contributed by atoms with Gasteiger partial charge in [0, 0.05) is 0 Å². The molecule has 2 aliphatic carbocycles. The molecule has 0 aromatic heterocycles.